The van der Waals surface area contributed by atoms with Crippen LogP contribution < -0.4 is 4.72 Å². The molecular weight excluding hydrogens is 381 g/mol. The fourth-order valence-corrected chi connectivity index (χ4v) is 3.91. The number of halogens is 2. The highest BCUT2D eigenvalue weighted by atomic mass is 35.5. The van der Waals surface area contributed by atoms with E-state index in [4.69, 9.17) is 23.2 Å². The van der Waals surface area contributed by atoms with Crippen molar-refractivity contribution in [2.24, 2.45) is 0 Å². The van der Waals surface area contributed by atoms with Crippen LogP contribution in [0.2, 0.25) is 10.0 Å². The number of sulfonamides is 1. The lowest BCUT2D eigenvalue weighted by molar-refractivity contribution is 0.454. The summed E-state index contributed by atoms with van der Waals surface area (Å²) in [4.78, 5) is 0.0205. The summed E-state index contributed by atoms with van der Waals surface area (Å²) in [5.41, 5.74) is 1.78. The second-order valence-electron chi connectivity index (χ2n) is 6.49. The van der Waals surface area contributed by atoms with Crippen molar-refractivity contribution in [3.8, 4) is 5.75 Å². The van der Waals surface area contributed by atoms with Gasteiger partial charge in [0.2, 0.25) is 0 Å². The molecule has 0 bridgehead atoms. The summed E-state index contributed by atoms with van der Waals surface area (Å²) < 4.78 is 27.8. The van der Waals surface area contributed by atoms with Gasteiger partial charge in [-0.3, -0.25) is 4.72 Å². The third-order valence-corrected chi connectivity index (χ3v) is 5.98. The van der Waals surface area contributed by atoms with Crippen molar-refractivity contribution in [2.45, 2.75) is 44.4 Å². The number of benzene rings is 2. The van der Waals surface area contributed by atoms with Gasteiger partial charge in [0.05, 0.1) is 14.9 Å². The average molecular weight is 402 g/mol. The zero-order valence-electron chi connectivity index (χ0n) is 14.5. The third-order valence-electron chi connectivity index (χ3n) is 3.87. The highest BCUT2D eigenvalue weighted by molar-refractivity contribution is 7.92. The molecule has 0 unspecified atom stereocenters. The molecule has 0 saturated heterocycles. The molecule has 25 heavy (non-hydrogen) atoms. The van der Waals surface area contributed by atoms with E-state index in [9.17, 15) is 13.5 Å². The highest BCUT2D eigenvalue weighted by Crippen LogP contribution is 2.37. The van der Waals surface area contributed by atoms with E-state index in [2.05, 4.69) is 4.72 Å². The van der Waals surface area contributed by atoms with Crippen LogP contribution in [0.3, 0.4) is 0 Å². The fourth-order valence-electron chi connectivity index (χ4n) is 2.48. The van der Waals surface area contributed by atoms with Gasteiger partial charge in [0, 0.05) is 5.69 Å². The Kier molecular flexibility index (Phi) is 5.92. The SMILES string of the molecule is CC(C)c1cc(NS(=O)(=O)c2ccc(Cl)c(Cl)c2)cc(C(C)C)c1O. The zero-order chi connectivity index (χ0) is 18.9. The van der Waals surface area contributed by atoms with Crippen LogP contribution in [0.1, 0.15) is 50.7 Å². The summed E-state index contributed by atoms with van der Waals surface area (Å²) in [6, 6.07) is 7.44. The normalized spacial score (nSPS) is 12.0. The van der Waals surface area contributed by atoms with Gasteiger partial charge in [-0.1, -0.05) is 50.9 Å². The molecule has 7 heteroatoms. The molecule has 2 rings (SSSR count). The van der Waals surface area contributed by atoms with Crippen molar-refractivity contribution >= 4 is 38.9 Å². The van der Waals surface area contributed by atoms with Gasteiger partial charge >= 0.3 is 0 Å². The number of nitrogens with one attached hydrogen (secondary N) is 1. The second-order valence-corrected chi connectivity index (χ2v) is 8.99. The lowest BCUT2D eigenvalue weighted by Gasteiger charge is -2.18. The number of hydrogen-bond acceptors (Lipinski definition) is 3. The monoisotopic (exact) mass is 401 g/mol. The molecule has 0 heterocycles. The summed E-state index contributed by atoms with van der Waals surface area (Å²) in [6.07, 6.45) is 0. The molecule has 2 aromatic carbocycles. The van der Waals surface area contributed by atoms with Gasteiger partial charge in [-0.05, 0) is 53.3 Å². The van der Waals surface area contributed by atoms with Gasteiger partial charge < -0.3 is 5.11 Å². The van der Waals surface area contributed by atoms with Crippen LogP contribution in [0.25, 0.3) is 0 Å². The van der Waals surface area contributed by atoms with Crippen LogP contribution in [0.15, 0.2) is 35.2 Å². The Morgan fingerprint density at radius 1 is 0.920 bits per heavy atom. The van der Waals surface area contributed by atoms with Crippen molar-refractivity contribution in [1.29, 1.82) is 0 Å². The van der Waals surface area contributed by atoms with Crippen molar-refractivity contribution in [3.63, 3.8) is 0 Å². The largest absolute Gasteiger partial charge is 0.507 e. The fraction of sp³-hybridized carbons (Fsp3) is 0.333. The van der Waals surface area contributed by atoms with E-state index in [0.717, 1.165) is 0 Å². The summed E-state index contributed by atoms with van der Waals surface area (Å²) in [5.74, 6) is 0.307. The maximum absolute atomic E-state index is 12.6. The molecule has 0 aliphatic carbocycles. The van der Waals surface area contributed by atoms with Crippen molar-refractivity contribution in [1.82, 2.24) is 0 Å². The second kappa shape index (κ2) is 7.44. The number of phenols is 1. The first-order chi connectivity index (χ1) is 11.5. The molecule has 0 aliphatic heterocycles. The summed E-state index contributed by atoms with van der Waals surface area (Å²) in [5, 5.41) is 10.9. The summed E-state index contributed by atoms with van der Waals surface area (Å²) >= 11 is 11.8. The number of phenolic OH excluding ortho intramolecular Hbond substituents is 1. The third kappa shape index (κ3) is 4.40. The number of aromatic hydroxyl groups is 1. The quantitative estimate of drug-likeness (QED) is 0.626. The van der Waals surface area contributed by atoms with E-state index in [1.165, 1.54) is 18.2 Å². The van der Waals surface area contributed by atoms with Crippen LogP contribution in [0.5, 0.6) is 5.75 Å². The van der Waals surface area contributed by atoms with Gasteiger partial charge in [-0.2, -0.15) is 0 Å². The van der Waals surface area contributed by atoms with Crippen molar-refractivity contribution in [3.05, 3.63) is 51.5 Å². The molecular formula is C18H21Cl2NO3S. The van der Waals surface area contributed by atoms with E-state index in [-0.39, 0.29) is 32.5 Å². The minimum Gasteiger partial charge on any atom is -0.507 e. The van der Waals surface area contributed by atoms with Gasteiger partial charge in [0.25, 0.3) is 10.0 Å². The van der Waals surface area contributed by atoms with Gasteiger partial charge in [0.1, 0.15) is 5.75 Å². The zero-order valence-corrected chi connectivity index (χ0v) is 16.8. The van der Waals surface area contributed by atoms with Crippen LogP contribution in [-0.4, -0.2) is 13.5 Å². The molecule has 0 fully saturated rings. The predicted octanol–water partition coefficient (Wildman–Crippen LogP) is 5.75. The molecule has 0 aromatic heterocycles. The molecule has 136 valence electrons. The Balaban J connectivity index is 2.49. The molecule has 0 aliphatic rings. The number of anilines is 1. The first-order valence-electron chi connectivity index (χ1n) is 7.87. The summed E-state index contributed by atoms with van der Waals surface area (Å²) in [6.45, 7) is 7.76. The van der Waals surface area contributed by atoms with Crippen LogP contribution in [-0.2, 0) is 10.0 Å². The first kappa shape index (κ1) is 19.9. The minimum atomic E-state index is -3.83. The molecule has 2 aromatic rings. The average Bonchev–Trinajstić information content (AvgIpc) is 2.50. The smallest absolute Gasteiger partial charge is 0.261 e. The minimum absolute atomic E-state index is 0.0205. The topological polar surface area (TPSA) is 66.4 Å². The Labute approximate surface area is 158 Å². The lowest BCUT2D eigenvalue weighted by atomic mass is 9.93. The molecule has 0 radical (unpaired) electrons. The van der Waals surface area contributed by atoms with E-state index < -0.39 is 10.0 Å². The molecule has 0 saturated carbocycles. The lowest BCUT2D eigenvalue weighted by Crippen LogP contribution is -2.13. The van der Waals surface area contributed by atoms with Crippen molar-refractivity contribution < 1.29 is 13.5 Å². The maximum atomic E-state index is 12.6. The van der Waals surface area contributed by atoms with Gasteiger partial charge in [-0.15, -0.1) is 0 Å². The molecule has 0 amide bonds. The van der Waals surface area contributed by atoms with E-state index in [0.29, 0.717) is 16.8 Å². The Hall–Kier alpha value is -1.43. The summed E-state index contributed by atoms with van der Waals surface area (Å²) in [7, 11) is -3.83. The first-order valence-corrected chi connectivity index (χ1v) is 10.1. The van der Waals surface area contributed by atoms with Gasteiger partial charge in [0.15, 0.2) is 0 Å². The Bertz CT molecular complexity index is 864. The Morgan fingerprint density at radius 2 is 1.44 bits per heavy atom. The van der Waals surface area contributed by atoms with E-state index in [1.807, 2.05) is 27.7 Å². The van der Waals surface area contributed by atoms with Crippen LogP contribution in [0.4, 0.5) is 5.69 Å². The maximum Gasteiger partial charge on any atom is 0.261 e. The highest BCUT2D eigenvalue weighted by Gasteiger charge is 2.20. The standard InChI is InChI=1S/C18H21Cl2NO3S/c1-10(2)14-7-12(8-15(11(3)4)18(14)22)21-25(23,24)13-5-6-16(19)17(20)9-13/h5-11,21-22H,1-4H3. The van der Waals surface area contributed by atoms with Crippen molar-refractivity contribution in [2.75, 3.05) is 4.72 Å². The van der Waals surface area contributed by atoms with Gasteiger partial charge in [-0.25, -0.2) is 8.42 Å². The Morgan fingerprint density at radius 3 is 1.88 bits per heavy atom. The molecule has 0 atom stereocenters. The number of hydrogen-bond donors (Lipinski definition) is 2. The predicted molar refractivity (Wildman–Crippen MR) is 104 cm³/mol. The number of rotatable bonds is 5. The van der Waals surface area contributed by atoms with E-state index in [1.54, 1.807) is 12.1 Å². The molecule has 4 nitrogen and oxygen atoms in total. The molecule has 0 spiro atoms. The van der Waals surface area contributed by atoms with Crippen LogP contribution in [0, 0.1) is 0 Å². The molecule has 2 N–H and O–H groups in total. The van der Waals surface area contributed by atoms with Crippen LogP contribution >= 0.6 is 23.2 Å². The van der Waals surface area contributed by atoms with E-state index >= 15 is 0 Å².